The third-order valence-corrected chi connectivity index (χ3v) is 5.50. The fourth-order valence-electron chi connectivity index (χ4n) is 2.30. The molecule has 0 radical (unpaired) electrons. The van der Waals surface area contributed by atoms with Crippen molar-refractivity contribution in [1.29, 1.82) is 0 Å². The Morgan fingerprint density at radius 1 is 1.31 bits per heavy atom. The van der Waals surface area contributed by atoms with E-state index in [0.29, 0.717) is 4.83 Å². The zero-order valence-corrected chi connectivity index (χ0v) is 13.1. The van der Waals surface area contributed by atoms with Crippen molar-refractivity contribution in [2.45, 2.75) is 44.4 Å². The molecule has 16 heavy (non-hydrogen) atoms. The highest BCUT2D eigenvalue weighted by molar-refractivity contribution is 9.12. The molecule has 0 fully saturated rings. The minimum atomic E-state index is 0.502. The van der Waals surface area contributed by atoms with Crippen molar-refractivity contribution in [2.75, 3.05) is 0 Å². The zero-order valence-electron chi connectivity index (χ0n) is 9.89. The average Bonchev–Trinajstić information content (AvgIpc) is 2.26. The van der Waals surface area contributed by atoms with E-state index in [1.165, 1.54) is 34.9 Å². The second-order valence-electron chi connectivity index (χ2n) is 4.98. The normalized spacial score (nSPS) is 31.2. The van der Waals surface area contributed by atoms with Crippen molar-refractivity contribution >= 4 is 31.9 Å². The molecule has 0 aromatic rings. The molecule has 2 unspecified atom stereocenters. The molecule has 2 atom stereocenters. The largest absolute Gasteiger partial charge is 0.0838 e. The van der Waals surface area contributed by atoms with Gasteiger partial charge in [-0.2, -0.15) is 0 Å². The molecular formula is C14H18Br2. The minimum Gasteiger partial charge on any atom is -0.0838 e. The second kappa shape index (κ2) is 5.22. The maximum Gasteiger partial charge on any atom is 0.0406 e. The number of alkyl halides is 1. The van der Waals surface area contributed by atoms with Crippen LogP contribution in [0.3, 0.4) is 0 Å². The van der Waals surface area contributed by atoms with Gasteiger partial charge in [-0.05, 0) is 61.3 Å². The molecule has 0 aliphatic heterocycles. The number of halogens is 2. The molecule has 0 nitrogen and oxygen atoms in total. The molecule has 0 spiro atoms. The highest BCUT2D eigenvalue weighted by Gasteiger charge is 2.21. The first-order valence-corrected chi connectivity index (χ1v) is 7.69. The molecule has 0 saturated carbocycles. The molecule has 2 aliphatic carbocycles. The third kappa shape index (κ3) is 2.70. The summed E-state index contributed by atoms with van der Waals surface area (Å²) in [6.45, 7) is 4.53. The number of rotatable bonds is 1. The van der Waals surface area contributed by atoms with Crippen molar-refractivity contribution < 1.29 is 0 Å². The van der Waals surface area contributed by atoms with Crippen LogP contribution in [0, 0.1) is 5.92 Å². The summed E-state index contributed by atoms with van der Waals surface area (Å²) in [4.78, 5) is 0.502. The van der Waals surface area contributed by atoms with E-state index in [-0.39, 0.29) is 0 Å². The van der Waals surface area contributed by atoms with Crippen LogP contribution in [0.2, 0.25) is 0 Å². The lowest BCUT2D eigenvalue weighted by Gasteiger charge is -2.25. The molecule has 0 aromatic heterocycles. The summed E-state index contributed by atoms with van der Waals surface area (Å²) < 4.78 is 1.26. The van der Waals surface area contributed by atoms with Gasteiger partial charge in [-0.15, -0.1) is 0 Å². The van der Waals surface area contributed by atoms with Crippen molar-refractivity contribution in [3.63, 3.8) is 0 Å². The molecule has 0 saturated heterocycles. The maximum absolute atomic E-state index is 3.76. The summed E-state index contributed by atoms with van der Waals surface area (Å²) in [6.07, 6.45) is 9.75. The Morgan fingerprint density at radius 2 is 2.06 bits per heavy atom. The van der Waals surface area contributed by atoms with E-state index in [9.17, 15) is 0 Å². The van der Waals surface area contributed by atoms with Crippen molar-refractivity contribution in [1.82, 2.24) is 0 Å². The van der Waals surface area contributed by atoms with E-state index >= 15 is 0 Å². The van der Waals surface area contributed by atoms with Gasteiger partial charge in [-0.25, -0.2) is 0 Å². The standard InChI is InChI=1S/C14H18Br2/c1-9-3-5-11(6-4-9)12-7-13(15)10(2)14(16)8-12/h5,7,9,14H,3-4,6,8H2,1-2H3. The molecule has 2 aliphatic rings. The van der Waals surface area contributed by atoms with Gasteiger partial charge < -0.3 is 0 Å². The minimum absolute atomic E-state index is 0.502. The molecule has 2 heteroatoms. The van der Waals surface area contributed by atoms with Gasteiger partial charge in [-0.1, -0.05) is 44.9 Å². The Balaban J connectivity index is 2.20. The zero-order chi connectivity index (χ0) is 11.7. The SMILES string of the molecule is CC1=C(Br)C=C(C2=CCC(C)CC2)CC1Br. The van der Waals surface area contributed by atoms with E-state index in [1.54, 1.807) is 5.57 Å². The highest BCUT2D eigenvalue weighted by atomic mass is 79.9. The predicted molar refractivity (Wildman–Crippen MR) is 78.1 cm³/mol. The highest BCUT2D eigenvalue weighted by Crippen LogP contribution is 2.38. The lowest BCUT2D eigenvalue weighted by Crippen LogP contribution is -2.11. The van der Waals surface area contributed by atoms with Crippen LogP contribution in [0.15, 0.2) is 33.4 Å². The fourth-order valence-corrected chi connectivity index (χ4v) is 3.76. The topological polar surface area (TPSA) is 0 Å². The Bertz CT molecular complexity index is 374. The number of allylic oxidation sites excluding steroid dienone is 6. The summed E-state index contributed by atoms with van der Waals surface area (Å²) in [5, 5.41) is 0. The third-order valence-electron chi connectivity index (χ3n) is 3.63. The first kappa shape index (κ1) is 12.6. The molecular weight excluding hydrogens is 328 g/mol. The molecule has 0 bridgehead atoms. The smallest absolute Gasteiger partial charge is 0.0406 e. The van der Waals surface area contributed by atoms with Gasteiger partial charge in [0.1, 0.15) is 0 Å². The maximum atomic E-state index is 3.76. The second-order valence-corrected chi connectivity index (χ2v) is 6.94. The molecule has 0 amide bonds. The fraction of sp³-hybridized carbons (Fsp3) is 0.571. The first-order chi connectivity index (χ1) is 7.58. The summed E-state index contributed by atoms with van der Waals surface area (Å²) in [5.74, 6) is 0.869. The Hall–Kier alpha value is 0.180. The van der Waals surface area contributed by atoms with Gasteiger partial charge >= 0.3 is 0 Å². The Labute approximate surface area is 115 Å². The van der Waals surface area contributed by atoms with Gasteiger partial charge in [-0.3, -0.25) is 0 Å². The van der Waals surface area contributed by atoms with Crippen LogP contribution in [0.1, 0.15) is 39.5 Å². The van der Waals surface area contributed by atoms with E-state index in [1.807, 2.05) is 0 Å². The number of hydrogen-bond acceptors (Lipinski definition) is 0. The van der Waals surface area contributed by atoms with E-state index in [2.05, 4.69) is 57.9 Å². The van der Waals surface area contributed by atoms with Crippen molar-refractivity contribution in [3.05, 3.63) is 33.4 Å². The predicted octanol–water partition coefficient (Wildman–Crippen LogP) is 5.50. The quantitative estimate of drug-likeness (QED) is 0.551. The van der Waals surface area contributed by atoms with E-state index < -0.39 is 0 Å². The first-order valence-electron chi connectivity index (χ1n) is 5.98. The van der Waals surface area contributed by atoms with Gasteiger partial charge in [0.05, 0.1) is 0 Å². The van der Waals surface area contributed by atoms with Crippen LogP contribution < -0.4 is 0 Å². The molecule has 88 valence electrons. The van der Waals surface area contributed by atoms with Gasteiger partial charge in [0.15, 0.2) is 0 Å². The van der Waals surface area contributed by atoms with Crippen LogP contribution in [0.25, 0.3) is 0 Å². The van der Waals surface area contributed by atoms with Crippen molar-refractivity contribution in [2.24, 2.45) is 5.92 Å². The molecule has 0 aromatic carbocycles. The Kier molecular flexibility index (Phi) is 4.12. The van der Waals surface area contributed by atoms with Crippen LogP contribution in [-0.2, 0) is 0 Å². The molecule has 0 heterocycles. The van der Waals surface area contributed by atoms with Crippen molar-refractivity contribution in [3.8, 4) is 0 Å². The lowest BCUT2D eigenvalue weighted by molar-refractivity contribution is 0.515. The lowest BCUT2D eigenvalue weighted by atomic mass is 9.84. The molecule has 2 rings (SSSR count). The van der Waals surface area contributed by atoms with Gasteiger partial charge in [0.2, 0.25) is 0 Å². The number of hydrogen-bond donors (Lipinski definition) is 0. The van der Waals surface area contributed by atoms with Gasteiger partial charge in [0.25, 0.3) is 0 Å². The van der Waals surface area contributed by atoms with E-state index in [0.717, 1.165) is 12.3 Å². The Morgan fingerprint density at radius 3 is 2.62 bits per heavy atom. The van der Waals surface area contributed by atoms with Gasteiger partial charge in [0, 0.05) is 9.31 Å². The van der Waals surface area contributed by atoms with Crippen LogP contribution in [0.4, 0.5) is 0 Å². The monoisotopic (exact) mass is 344 g/mol. The average molecular weight is 346 g/mol. The molecule has 0 N–H and O–H groups in total. The van der Waals surface area contributed by atoms with E-state index in [4.69, 9.17) is 0 Å². The van der Waals surface area contributed by atoms with Crippen LogP contribution in [0.5, 0.6) is 0 Å². The summed E-state index contributed by atoms with van der Waals surface area (Å²) >= 11 is 7.42. The summed E-state index contributed by atoms with van der Waals surface area (Å²) in [6, 6.07) is 0. The van der Waals surface area contributed by atoms with Crippen LogP contribution in [-0.4, -0.2) is 4.83 Å². The summed E-state index contributed by atoms with van der Waals surface area (Å²) in [7, 11) is 0. The van der Waals surface area contributed by atoms with Crippen LogP contribution >= 0.6 is 31.9 Å². The summed E-state index contributed by atoms with van der Waals surface area (Å²) in [5.41, 5.74) is 4.51.